The summed E-state index contributed by atoms with van der Waals surface area (Å²) in [6, 6.07) is 7.52. The highest BCUT2D eigenvalue weighted by molar-refractivity contribution is 5.95. The third kappa shape index (κ3) is 4.59. The number of halogens is 1. The zero-order valence-electron chi connectivity index (χ0n) is 12.9. The predicted molar refractivity (Wildman–Crippen MR) is 90.2 cm³/mol. The third-order valence-corrected chi connectivity index (χ3v) is 4.02. The highest BCUT2D eigenvalue weighted by atomic mass is 35.5. The number of nitrogens with one attached hydrogen (secondary N) is 2. The van der Waals surface area contributed by atoms with Gasteiger partial charge in [0.15, 0.2) is 6.61 Å². The first-order valence-electron chi connectivity index (χ1n) is 7.76. The average Bonchev–Trinajstić information content (AvgIpc) is 3.17. The molecule has 126 valence electrons. The van der Waals surface area contributed by atoms with Crippen LogP contribution in [0.25, 0.3) is 0 Å². The molecule has 0 spiro atoms. The van der Waals surface area contributed by atoms with E-state index in [1.165, 1.54) is 0 Å². The molecule has 0 aromatic heterocycles. The van der Waals surface area contributed by atoms with E-state index < -0.39 is 0 Å². The largest absolute Gasteiger partial charge is 0.484 e. The van der Waals surface area contributed by atoms with Gasteiger partial charge in [0.05, 0.1) is 0 Å². The topological polar surface area (TPSA) is 70.7 Å². The molecule has 0 radical (unpaired) electrons. The second kappa shape index (κ2) is 8.17. The first kappa shape index (κ1) is 17.6. The Labute approximate surface area is 142 Å². The third-order valence-electron chi connectivity index (χ3n) is 4.02. The Kier molecular flexibility index (Phi) is 6.24. The first-order chi connectivity index (χ1) is 10.7. The minimum Gasteiger partial charge on any atom is -0.484 e. The number of hydrogen-bond donors (Lipinski definition) is 2. The lowest BCUT2D eigenvalue weighted by Crippen LogP contribution is -2.39. The summed E-state index contributed by atoms with van der Waals surface area (Å²) in [5.74, 6) is 0.695. The van der Waals surface area contributed by atoms with Crippen LogP contribution in [0.15, 0.2) is 24.3 Å². The SMILES string of the molecule is Cl.O=C(COc1ccc(N2CCCC2=O)cc1)NC1CCNC1. The quantitative estimate of drug-likeness (QED) is 0.842. The standard InChI is InChI=1S/C16H21N3O3.ClH/c20-15(18-12-7-8-17-10-12)11-22-14-5-3-13(4-6-14)19-9-1-2-16(19)21;/h3-6,12,17H,1-2,7-11H2,(H,18,20);1H. The van der Waals surface area contributed by atoms with E-state index in [-0.39, 0.29) is 36.9 Å². The summed E-state index contributed by atoms with van der Waals surface area (Å²) in [7, 11) is 0. The van der Waals surface area contributed by atoms with E-state index in [1.807, 2.05) is 12.1 Å². The molecule has 2 heterocycles. The van der Waals surface area contributed by atoms with Crippen LogP contribution in [0.1, 0.15) is 19.3 Å². The van der Waals surface area contributed by atoms with Crippen LogP contribution in [0, 0.1) is 0 Å². The molecule has 6 nitrogen and oxygen atoms in total. The molecule has 2 amide bonds. The number of carbonyl (C=O) groups is 2. The lowest BCUT2D eigenvalue weighted by molar-refractivity contribution is -0.123. The molecule has 2 N–H and O–H groups in total. The number of carbonyl (C=O) groups excluding carboxylic acids is 2. The van der Waals surface area contributed by atoms with Crippen molar-refractivity contribution in [2.45, 2.75) is 25.3 Å². The molecule has 1 aromatic carbocycles. The lowest BCUT2D eigenvalue weighted by Gasteiger charge is -2.16. The lowest BCUT2D eigenvalue weighted by atomic mass is 10.2. The Balaban J connectivity index is 0.00000192. The summed E-state index contributed by atoms with van der Waals surface area (Å²) >= 11 is 0. The van der Waals surface area contributed by atoms with E-state index in [9.17, 15) is 9.59 Å². The average molecular weight is 340 g/mol. The Morgan fingerprint density at radius 1 is 1.35 bits per heavy atom. The molecule has 0 saturated carbocycles. The minimum absolute atomic E-state index is 0. The van der Waals surface area contributed by atoms with Crippen molar-refractivity contribution in [3.05, 3.63) is 24.3 Å². The van der Waals surface area contributed by atoms with Gasteiger partial charge in [0.25, 0.3) is 5.91 Å². The summed E-state index contributed by atoms with van der Waals surface area (Å²) in [6.07, 6.45) is 2.49. The summed E-state index contributed by atoms with van der Waals surface area (Å²) in [4.78, 5) is 25.2. The maximum Gasteiger partial charge on any atom is 0.258 e. The molecule has 0 aliphatic carbocycles. The van der Waals surface area contributed by atoms with Gasteiger partial charge in [0, 0.05) is 31.2 Å². The number of amides is 2. The number of hydrogen-bond acceptors (Lipinski definition) is 4. The molecule has 2 aliphatic rings. The van der Waals surface area contributed by atoms with Crippen molar-refractivity contribution < 1.29 is 14.3 Å². The highest BCUT2D eigenvalue weighted by Crippen LogP contribution is 2.23. The van der Waals surface area contributed by atoms with Crippen LogP contribution in [-0.2, 0) is 9.59 Å². The zero-order chi connectivity index (χ0) is 15.4. The van der Waals surface area contributed by atoms with E-state index in [4.69, 9.17) is 4.74 Å². The van der Waals surface area contributed by atoms with E-state index >= 15 is 0 Å². The number of benzene rings is 1. The molecular weight excluding hydrogens is 318 g/mol. The van der Waals surface area contributed by atoms with Crippen LogP contribution in [0.2, 0.25) is 0 Å². The van der Waals surface area contributed by atoms with E-state index in [1.54, 1.807) is 17.0 Å². The molecule has 1 aromatic rings. The Hall–Kier alpha value is -1.79. The number of rotatable bonds is 5. The molecule has 2 aliphatic heterocycles. The monoisotopic (exact) mass is 339 g/mol. The van der Waals surface area contributed by atoms with Crippen LogP contribution in [-0.4, -0.2) is 44.1 Å². The maximum absolute atomic E-state index is 11.8. The van der Waals surface area contributed by atoms with Crippen LogP contribution in [0.3, 0.4) is 0 Å². The van der Waals surface area contributed by atoms with Gasteiger partial charge >= 0.3 is 0 Å². The molecule has 1 atom stereocenters. The van der Waals surface area contributed by atoms with Crippen molar-refractivity contribution in [3.8, 4) is 5.75 Å². The van der Waals surface area contributed by atoms with Crippen molar-refractivity contribution in [1.82, 2.24) is 10.6 Å². The number of anilines is 1. The van der Waals surface area contributed by atoms with Gasteiger partial charge in [-0.2, -0.15) is 0 Å². The fourth-order valence-corrected chi connectivity index (χ4v) is 2.84. The highest BCUT2D eigenvalue weighted by Gasteiger charge is 2.21. The van der Waals surface area contributed by atoms with E-state index in [0.717, 1.165) is 38.2 Å². The van der Waals surface area contributed by atoms with Crippen molar-refractivity contribution in [2.75, 3.05) is 31.1 Å². The summed E-state index contributed by atoms with van der Waals surface area (Å²) in [6.45, 7) is 2.56. The summed E-state index contributed by atoms with van der Waals surface area (Å²) in [5.41, 5.74) is 0.885. The van der Waals surface area contributed by atoms with E-state index in [0.29, 0.717) is 12.2 Å². The summed E-state index contributed by atoms with van der Waals surface area (Å²) in [5, 5.41) is 6.13. The predicted octanol–water partition coefficient (Wildman–Crippen LogP) is 1.09. The second-order valence-corrected chi connectivity index (χ2v) is 5.69. The van der Waals surface area contributed by atoms with Crippen LogP contribution in [0.5, 0.6) is 5.75 Å². The van der Waals surface area contributed by atoms with Gasteiger partial charge in [-0.1, -0.05) is 0 Å². The smallest absolute Gasteiger partial charge is 0.258 e. The molecule has 0 bridgehead atoms. The Bertz CT molecular complexity index is 544. The van der Waals surface area contributed by atoms with Crippen molar-refractivity contribution >= 4 is 29.9 Å². The van der Waals surface area contributed by atoms with Crippen molar-refractivity contribution in [1.29, 1.82) is 0 Å². The zero-order valence-corrected chi connectivity index (χ0v) is 13.7. The number of nitrogens with zero attached hydrogens (tertiary/aromatic N) is 1. The van der Waals surface area contributed by atoms with Gasteiger partial charge in [0.1, 0.15) is 5.75 Å². The molecule has 1 unspecified atom stereocenters. The second-order valence-electron chi connectivity index (χ2n) is 5.69. The fourth-order valence-electron chi connectivity index (χ4n) is 2.84. The molecule has 7 heteroatoms. The summed E-state index contributed by atoms with van der Waals surface area (Å²) < 4.78 is 5.49. The van der Waals surface area contributed by atoms with Gasteiger partial charge < -0.3 is 20.3 Å². The molecule has 23 heavy (non-hydrogen) atoms. The van der Waals surface area contributed by atoms with Crippen molar-refractivity contribution in [3.63, 3.8) is 0 Å². The Morgan fingerprint density at radius 2 is 2.13 bits per heavy atom. The molecular formula is C16H22ClN3O3. The van der Waals surface area contributed by atoms with Gasteiger partial charge in [-0.25, -0.2) is 0 Å². The van der Waals surface area contributed by atoms with Gasteiger partial charge in [-0.05, 0) is 43.7 Å². The van der Waals surface area contributed by atoms with Gasteiger partial charge in [-0.15, -0.1) is 12.4 Å². The first-order valence-corrected chi connectivity index (χ1v) is 7.76. The molecule has 3 rings (SSSR count). The van der Waals surface area contributed by atoms with Crippen LogP contribution >= 0.6 is 12.4 Å². The van der Waals surface area contributed by atoms with E-state index in [2.05, 4.69) is 10.6 Å². The molecule has 2 fully saturated rings. The van der Waals surface area contributed by atoms with Crippen molar-refractivity contribution in [2.24, 2.45) is 0 Å². The van der Waals surface area contributed by atoms with Gasteiger partial charge in [0.2, 0.25) is 5.91 Å². The fraction of sp³-hybridized carbons (Fsp3) is 0.500. The minimum atomic E-state index is -0.104. The molecule has 2 saturated heterocycles. The normalized spacial score (nSPS) is 20.3. The maximum atomic E-state index is 11.8. The van der Waals surface area contributed by atoms with Gasteiger partial charge in [-0.3, -0.25) is 9.59 Å². The number of ether oxygens (including phenoxy) is 1. The Morgan fingerprint density at radius 3 is 2.74 bits per heavy atom. The van der Waals surface area contributed by atoms with Crippen LogP contribution in [0.4, 0.5) is 5.69 Å². The van der Waals surface area contributed by atoms with Crippen LogP contribution < -0.4 is 20.3 Å².